The van der Waals surface area contributed by atoms with Crippen LogP contribution in [0.3, 0.4) is 0 Å². The van der Waals surface area contributed by atoms with Gasteiger partial charge < -0.3 is 9.64 Å². The van der Waals surface area contributed by atoms with Crippen LogP contribution in [0.1, 0.15) is 12.8 Å². The molecular weight excluding hydrogens is 232 g/mol. The maximum Gasteiger partial charge on any atom is 0.233 e. The number of aromatic nitrogens is 5. The maximum absolute atomic E-state index is 5.72. The summed E-state index contributed by atoms with van der Waals surface area (Å²) >= 11 is 0. The fraction of sp³-hybridized carbons (Fsp3) is 0.636. The zero-order valence-corrected chi connectivity index (χ0v) is 10.4. The number of hydrogen-bond acceptors (Lipinski definition) is 6. The van der Waals surface area contributed by atoms with E-state index in [9.17, 15) is 0 Å². The van der Waals surface area contributed by atoms with E-state index in [-0.39, 0.29) is 0 Å². The Morgan fingerprint density at radius 3 is 3.28 bits per heavy atom. The molecule has 0 spiro atoms. The largest absolute Gasteiger partial charge is 0.476 e. The van der Waals surface area contributed by atoms with Gasteiger partial charge >= 0.3 is 0 Å². The van der Waals surface area contributed by atoms with Crippen LogP contribution in [0.4, 0.5) is 0 Å². The molecule has 7 heteroatoms. The van der Waals surface area contributed by atoms with Crippen molar-refractivity contribution >= 4 is 5.65 Å². The number of ether oxygens (including phenoxy) is 1. The molecule has 1 aliphatic rings. The van der Waals surface area contributed by atoms with E-state index in [0.717, 1.165) is 6.54 Å². The van der Waals surface area contributed by atoms with Gasteiger partial charge in [0.15, 0.2) is 5.65 Å². The minimum Gasteiger partial charge on any atom is -0.476 e. The monoisotopic (exact) mass is 248 g/mol. The molecule has 18 heavy (non-hydrogen) atoms. The first kappa shape index (κ1) is 11.3. The molecular formula is C11H16N6O. The third kappa shape index (κ3) is 2.40. The summed E-state index contributed by atoms with van der Waals surface area (Å²) in [7, 11) is 2.15. The van der Waals surface area contributed by atoms with E-state index < -0.39 is 0 Å². The van der Waals surface area contributed by atoms with Crippen LogP contribution in [0.15, 0.2) is 12.1 Å². The summed E-state index contributed by atoms with van der Waals surface area (Å²) in [4.78, 5) is 2.34. The smallest absolute Gasteiger partial charge is 0.233 e. The lowest BCUT2D eigenvalue weighted by Gasteiger charge is -2.29. The van der Waals surface area contributed by atoms with Gasteiger partial charge in [-0.25, -0.2) is 0 Å². The fourth-order valence-corrected chi connectivity index (χ4v) is 2.32. The molecule has 1 saturated heterocycles. The topological polar surface area (TPSA) is 68.4 Å². The zero-order chi connectivity index (χ0) is 12.4. The van der Waals surface area contributed by atoms with E-state index in [1.807, 2.05) is 0 Å². The van der Waals surface area contributed by atoms with Crippen LogP contribution in [0.25, 0.3) is 5.65 Å². The molecule has 0 bridgehead atoms. The Morgan fingerprint density at radius 1 is 1.44 bits per heavy atom. The number of hydrogen-bond donors (Lipinski definition) is 0. The lowest BCUT2D eigenvalue weighted by atomic mass is 10.00. The van der Waals surface area contributed by atoms with Gasteiger partial charge in [0.25, 0.3) is 0 Å². The van der Waals surface area contributed by atoms with Gasteiger partial charge in [0.1, 0.15) is 0 Å². The summed E-state index contributed by atoms with van der Waals surface area (Å²) < 4.78 is 7.09. The molecule has 1 atom stereocenters. The standard InChI is InChI=1S/C11H16N6O/c1-16-6-2-3-9(7-16)8-18-11-5-4-10-12-14-15-17(10)13-11/h4-5,9H,2-3,6-8H2,1H3. The van der Waals surface area contributed by atoms with Crippen LogP contribution in [0, 0.1) is 5.92 Å². The Kier molecular flexibility index (Phi) is 3.06. The highest BCUT2D eigenvalue weighted by molar-refractivity contribution is 5.34. The van der Waals surface area contributed by atoms with Crippen molar-refractivity contribution < 1.29 is 4.74 Å². The van der Waals surface area contributed by atoms with E-state index >= 15 is 0 Å². The first-order valence-electron chi connectivity index (χ1n) is 6.18. The van der Waals surface area contributed by atoms with Crippen molar-refractivity contribution in [2.24, 2.45) is 5.92 Å². The SMILES string of the molecule is CN1CCCC(COc2ccc3nnnn3n2)C1. The Balaban J connectivity index is 1.61. The summed E-state index contributed by atoms with van der Waals surface area (Å²) in [5.41, 5.74) is 0.625. The predicted octanol–water partition coefficient (Wildman–Crippen LogP) is 0.240. The average molecular weight is 248 g/mol. The van der Waals surface area contributed by atoms with Gasteiger partial charge in [-0.3, -0.25) is 0 Å². The molecule has 3 heterocycles. The Labute approximate surface area is 105 Å². The molecule has 1 aliphatic heterocycles. The van der Waals surface area contributed by atoms with E-state index in [1.165, 1.54) is 24.0 Å². The molecule has 0 aliphatic carbocycles. The third-order valence-electron chi connectivity index (χ3n) is 3.23. The van der Waals surface area contributed by atoms with Gasteiger partial charge in [-0.1, -0.05) is 0 Å². The maximum atomic E-state index is 5.72. The second-order valence-corrected chi connectivity index (χ2v) is 4.78. The van der Waals surface area contributed by atoms with Crippen LogP contribution < -0.4 is 4.74 Å². The second-order valence-electron chi connectivity index (χ2n) is 4.78. The number of tetrazole rings is 1. The normalized spacial score (nSPS) is 21.3. The summed E-state index contributed by atoms with van der Waals surface area (Å²) in [5, 5.41) is 15.3. The molecule has 96 valence electrons. The lowest BCUT2D eigenvalue weighted by Crippen LogP contribution is -2.34. The highest BCUT2D eigenvalue weighted by Gasteiger charge is 2.17. The number of fused-ring (bicyclic) bond motifs is 1. The van der Waals surface area contributed by atoms with Gasteiger partial charge in [-0.15, -0.1) is 14.8 Å². The molecule has 0 aromatic carbocycles. The van der Waals surface area contributed by atoms with Gasteiger partial charge in [0.2, 0.25) is 5.88 Å². The number of rotatable bonds is 3. The van der Waals surface area contributed by atoms with Crippen molar-refractivity contribution in [1.82, 2.24) is 30.2 Å². The molecule has 2 aromatic heterocycles. The van der Waals surface area contributed by atoms with Gasteiger partial charge in [0, 0.05) is 18.5 Å². The van der Waals surface area contributed by atoms with Gasteiger partial charge in [-0.2, -0.15) is 0 Å². The number of likely N-dealkylation sites (tertiary alicyclic amines) is 1. The molecule has 1 unspecified atom stereocenters. The summed E-state index contributed by atoms with van der Waals surface area (Å²) in [5.74, 6) is 1.15. The summed E-state index contributed by atoms with van der Waals surface area (Å²) in [6, 6.07) is 3.60. The van der Waals surface area contributed by atoms with Crippen molar-refractivity contribution in [2.45, 2.75) is 12.8 Å². The predicted molar refractivity (Wildman–Crippen MR) is 64.3 cm³/mol. The van der Waals surface area contributed by atoms with E-state index in [0.29, 0.717) is 24.1 Å². The highest BCUT2D eigenvalue weighted by atomic mass is 16.5. The van der Waals surface area contributed by atoms with Crippen molar-refractivity contribution in [3.63, 3.8) is 0 Å². The van der Waals surface area contributed by atoms with Crippen LogP contribution in [0.2, 0.25) is 0 Å². The fourth-order valence-electron chi connectivity index (χ4n) is 2.32. The summed E-state index contributed by atoms with van der Waals surface area (Å²) in [6.07, 6.45) is 2.46. The number of piperidine rings is 1. The van der Waals surface area contributed by atoms with E-state index in [2.05, 4.69) is 32.6 Å². The molecule has 0 radical (unpaired) electrons. The Morgan fingerprint density at radius 2 is 2.39 bits per heavy atom. The molecule has 0 amide bonds. The van der Waals surface area contributed by atoms with Crippen LogP contribution >= 0.6 is 0 Å². The third-order valence-corrected chi connectivity index (χ3v) is 3.23. The quantitative estimate of drug-likeness (QED) is 0.775. The van der Waals surface area contributed by atoms with Crippen molar-refractivity contribution in [3.8, 4) is 5.88 Å². The molecule has 1 fully saturated rings. The Bertz CT molecular complexity index is 527. The van der Waals surface area contributed by atoms with Crippen molar-refractivity contribution in [3.05, 3.63) is 12.1 Å². The molecule has 7 nitrogen and oxygen atoms in total. The van der Waals surface area contributed by atoms with E-state index in [1.54, 1.807) is 12.1 Å². The average Bonchev–Trinajstić information content (AvgIpc) is 2.84. The van der Waals surface area contributed by atoms with Crippen molar-refractivity contribution in [1.29, 1.82) is 0 Å². The molecule has 0 saturated carbocycles. The molecule has 2 aromatic rings. The lowest BCUT2D eigenvalue weighted by molar-refractivity contribution is 0.146. The molecule has 3 rings (SSSR count). The minimum atomic E-state index is 0.572. The van der Waals surface area contributed by atoms with Gasteiger partial charge in [-0.05, 0) is 42.9 Å². The summed E-state index contributed by atoms with van der Waals surface area (Å²) in [6.45, 7) is 2.98. The first-order valence-corrected chi connectivity index (χ1v) is 6.18. The first-order chi connectivity index (χ1) is 8.81. The van der Waals surface area contributed by atoms with Crippen LogP contribution in [-0.2, 0) is 0 Å². The van der Waals surface area contributed by atoms with Crippen LogP contribution in [0.5, 0.6) is 5.88 Å². The zero-order valence-electron chi connectivity index (χ0n) is 10.4. The van der Waals surface area contributed by atoms with Gasteiger partial charge in [0.05, 0.1) is 6.61 Å². The van der Waals surface area contributed by atoms with E-state index in [4.69, 9.17) is 4.74 Å². The highest BCUT2D eigenvalue weighted by Crippen LogP contribution is 2.16. The number of nitrogens with zero attached hydrogens (tertiary/aromatic N) is 6. The molecule has 0 N–H and O–H groups in total. The van der Waals surface area contributed by atoms with Crippen molar-refractivity contribution in [2.75, 3.05) is 26.7 Å². The van der Waals surface area contributed by atoms with Crippen LogP contribution in [-0.4, -0.2) is 56.9 Å². The second kappa shape index (κ2) is 4.85. The minimum absolute atomic E-state index is 0.572. The Hall–Kier alpha value is -1.76.